The van der Waals surface area contributed by atoms with E-state index >= 15 is 0 Å². The topological polar surface area (TPSA) is 104 Å². The lowest BCUT2D eigenvalue weighted by atomic mass is 10.2. The minimum Gasteiger partial charge on any atom is -0.481 e. The SMILES string of the molecule is CC1CN(S(=O)(=O)CCC(=O)O)CC(CO)O1. The minimum absolute atomic E-state index is 0.0722. The van der Waals surface area contributed by atoms with Crippen molar-refractivity contribution in [1.29, 1.82) is 0 Å². The summed E-state index contributed by atoms with van der Waals surface area (Å²) in [5.74, 6) is -1.57. The van der Waals surface area contributed by atoms with Crippen LogP contribution in [0.2, 0.25) is 0 Å². The Bertz CT molecular complexity index is 368. The molecule has 2 N–H and O–H groups in total. The van der Waals surface area contributed by atoms with Gasteiger partial charge in [0.15, 0.2) is 0 Å². The smallest absolute Gasteiger partial charge is 0.304 e. The lowest BCUT2D eigenvalue weighted by Crippen LogP contribution is -2.50. The number of carboxylic acid groups (broad SMARTS) is 1. The Balaban J connectivity index is 2.66. The lowest BCUT2D eigenvalue weighted by Gasteiger charge is -2.35. The summed E-state index contributed by atoms with van der Waals surface area (Å²) in [5, 5.41) is 17.4. The second-order valence-corrected chi connectivity index (χ2v) is 6.12. The second-order valence-electron chi connectivity index (χ2n) is 4.03. The van der Waals surface area contributed by atoms with Crippen molar-refractivity contribution >= 4 is 16.0 Å². The van der Waals surface area contributed by atoms with Crippen LogP contribution in [0.3, 0.4) is 0 Å². The fraction of sp³-hybridized carbons (Fsp3) is 0.889. The average molecular weight is 267 g/mol. The van der Waals surface area contributed by atoms with E-state index in [4.69, 9.17) is 14.9 Å². The van der Waals surface area contributed by atoms with Crippen LogP contribution in [0.4, 0.5) is 0 Å². The van der Waals surface area contributed by atoms with Gasteiger partial charge in [0.25, 0.3) is 0 Å². The molecule has 0 radical (unpaired) electrons. The highest BCUT2D eigenvalue weighted by Crippen LogP contribution is 2.15. The number of morpholine rings is 1. The fourth-order valence-electron chi connectivity index (χ4n) is 1.68. The molecule has 1 rings (SSSR count). The van der Waals surface area contributed by atoms with Gasteiger partial charge in [-0.05, 0) is 6.92 Å². The molecular formula is C9H17NO6S. The number of sulfonamides is 1. The maximum Gasteiger partial charge on any atom is 0.304 e. The Morgan fingerprint density at radius 3 is 2.65 bits per heavy atom. The van der Waals surface area contributed by atoms with Gasteiger partial charge < -0.3 is 14.9 Å². The van der Waals surface area contributed by atoms with Crippen molar-refractivity contribution in [2.45, 2.75) is 25.6 Å². The molecule has 1 fully saturated rings. The van der Waals surface area contributed by atoms with Gasteiger partial charge in [-0.1, -0.05) is 0 Å². The van der Waals surface area contributed by atoms with Gasteiger partial charge in [-0.3, -0.25) is 4.79 Å². The summed E-state index contributed by atoms with van der Waals surface area (Å²) in [6.45, 7) is 1.72. The van der Waals surface area contributed by atoms with Crippen LogP contribution in [0.15, 0.2) is 0 Å². The van der Waals surface area contributed by atoms with Gasteiger partial charge in [0, 0.05) is 13.1 Å². The number of ether oxygens (including phenoxy) is 1. The van der Waals surface area contributed by atoms with Gasteiger partial charge in [-0.15, -0.1) is 0 Å². The zero-order valence-corrected chi connectivity index (χ0v) is 10.4. The van der Waals surface area contributed by atoms with Crippen LogP contribution >= 0.6 is 0 Å². The summed E-state index contributed by atoms with van der Waals surface area (Å²) >= 11 is 0. The number of carboxylic acids is 1. The first kappa shape index (κ1) is 14.4. The molecule has 0 aromatic carbocycles. The summed E-state index contributed by atoms with van der Waals surface area (Å²) in [5.41, 5.74) is 0. The molecule has 2 atom stereocenters. The van der Waals surface area contributed by atoms with E-state index in [9.17, 15) is 13.2 Å². The molecule has 0 aliphatic carbocycles. The van der Waals surface area contributed by atoms with E-state index in [1.54, 1.807) is 6.92 Å². The highest BCUT2D eigenvalue weighted by molar-refractivity contribution is 7.89. The summed E-state index contributed by atoms with van der Waals surface area (Å²) in [6.07, 6.45) is -1.27. The third-order valence-corrected chi connectivity index (χ3v) is 4.27. The number of rotatable bonds is 5. The third-order valence-electron chi connectivity index (χ3n) is 2.46. The van der Waals surface area contributed by atoms with Crippen LogP contribution in [0.25, 0.3) is 0 Å². The molecule has 1 aliphatic rings. The molecule has 0 amide bonds. The summed E-state index contributed by atoms with van der Waals surface area (Å²) in [4.78, 5) is 10.4. The monoisotopic (exact) mass is 267 g/mol. The lowest BCUT2D eigenvalue weighted by molar-refractivity contribution is -0.136. The molecule has 0 spiro atoms. The highest BCUT2D eigenvalue weighted by atomic mass is 32.2. The number of carbonyl (C=O) groups is 1. The van der Waals surface area contributed by atoms with Crippen molar-refractivity contribution in [3.05, 3.63) is 0 Å². The summed E-state index contributed by atoms with van der Waals surface area (Å²) < 4.78 is 30.1. The van der Waals surface area contributed by atoms with Crippen molar-refractivity contribution in [2.24, 2.45) is 0 Å². The van der Waals surface area contributed by atoms with Crippen molar-refractivity contribution in [3.8, 4) is 0 Å². The number of aliphatic carboxylic acids is 1. The number of hydrogen-bond donors (Lipinski definition) is 2. The van der Waals surface area contributed by atoms with E-state index in [0.29, 0.717) is 0 Å². The molecule has 0 bridgehead atoms. The molecule has 1 aliphatic heterocycles. The Labute approximate surface area is 100 Å². The van der Waals surface area contributed by atoms with Crippen molar-refractivity contribution in [3.63, 3.8) is 0 Å². The van der Waals surface area contributed by atoms with E-state index < -0.39 is 34.3 Å². The van der Waals surface area contributed by atoms with Crippen LogP contribution in [0, 0.1) is 0 Å². The molecule has 2 unspecified atom stereocenters. The van der Waals surface area contributed by atoms with Crippen molar-refractivity contribution in [1.82, 2.24) is 4.31 Å². The van der Waals surface area contributed by atoms with Gasteiger partial charge in [0.2, 0.25) is 10.0 Å². The number of hydrogen-bond acceptors (Lipinski definition) is 5. The number of aliphatic hydroxyl groups is 1. The first-order valence-corrected chi connectivity index (χ1v) is 6.92. The van der Waals surface area contributed by atoms with Crippen LogP contribution in [0.1, 0.15) is 13.3 Å². The normalized spacial score (nSPS) is 26.9. The van der Waals surface area contributed by atoms with Gasteiger partial charge in [0.05, 0.1) is 31.0 Å². The standard InChI is InChI=1S/C9H17NO6S/c1-7-4-10(5-8(6-11)16-7)17(14,15)3-2-9(12)13/h7-8,11H,2-6H2,1H3,(H,12,13). The van der Waals surface area contributed by atoms with Crippen LogP contribution in [-0.2, 0) is 19.6 Å². The van der Waals surface area contributed by atoms with Gasteiger partial charge >= 0.3 is 5.97 Å². The van der Waals surface area contributed by atoms with Gasteiger partial charge in [-0.25, -0.2) is 8.42 Å². The van der Waals surface area contributed by atoms with Crippen LogP contribution in [0.5, 0.6) is 0 Å². The van der Waals surface area contributed by atoms with E-state index in [0.717, 1.165) is 0 Å². The molecule has 0 aromatic heterocycles. The summed E-state index contributed by atoms with van der Waals surface area (Å²) in [6, 6.07) is 0. The quantitative estimate of drug-likeness (QED) is 0.653. The third kappa shape index (κ3) is 4.23. The van der Waals surface area contributed by atoms with E-state index in [1.165, 1.54) is 4.31 Å². The molecule has 0 saturated carbocycles. The number of aliphatic hydroxyl groups excluding tert-OH is 1. The second kappa shape index (κ2) is 5.76. The number of nitrogens with zero attached hydrogens (tertiary/aromatic N) is 1. The first-order chi connectivity index (χ1) is 7.85. The van der Waals surface area contributed by atoms with Gasteiger partial charge in [0.1, 0.15) is 0 Å². The Morgan fingerprint density at radius 2 is 2.12 bits per heavy atom. The predicted octanol–water partition coefficient (Wildman–Crippen LogP) is -1.13. The summed E-state index contributed by atoms with van der Waals surface area (Å²) in [7, 11) is -3.59. The van der Waals surface area contributed by atoms with E-state index in [-0.39, 0.29) is 25.8 Å². The maximum absolute atomic E-state index is 11.8. The molecule has 1 saturated heterocycles. The molecule has 7 nitrogen and oxygen atoms in total. The fourth-order valence-corrected chi connectivity index (χ4v) is 3.20. The highest BCUT2D eigenvalue weighted by Gasteiger charge is 2.32. The zero-order chi connectivity index (χ0) is 13.1. The molecule has 1 heterocycles. The average Bonchev–Trinajstić information content (AvgIpc) is 2.25. The molecule has 0 aromatic rings. The zero-order valence-electron chi connectivity index (χ0n) is 9.57. The van der Waals surface area contributed by atoms with Crippen molar-refractivity contribution < 1.29 is 28.2 Å². The molecular weight excluding hydrogens is 250 g/mol. The Kier molecular flexibility index (Phi) is 4.87. The predicted molar refractivity (Wildman–Crippen MR) is 59.0 cm³/mol. The van der Waals surface area contributed by atoms with Crippen LogP contribution in [-0.4, -0.2) is 66.6 Å². The van der Waals surface area contributed by atoms with Gasteiger partial charge in [-0.2, -0.15) is 4.31 Å². The van der Waals surface area contributed by atoms with E-state index in [2.05, 4.69) is 0 Å². The van der Waals surface area contributed by atoms with Crippen LogP contribution < -0.4 is 0 Å². The largest absolute Gasteiger partial charge is 0.481 e. The molecule has 100 valence electrons. The van der Waals surface area contributed by atoms with E-state index in [1.807, 2.05) is 0 Å². The van der Waals surface area contributed by atoms with Crippen molar-refractivity contribution in [2.75, 3.05) is 25.4 Å². The first-order valence-electron chi connectivity index (χ1n) is 5.31. The Morgan fingerprint density at radius 1 is 1.47 bits per heavy atom. The maximum atomic E-state index is 11.8. The Hall–Kier alpha value is -0.700. The molecule has 8 heteroatoms. The minimum atomic E-state index is -3.59. The molecule has 17 heavy (non-hydrogen) atoms.